The van der Waals surface area contributed by atoms with E-state index in [0.29, 0.717) is 0 Å². The van der Waals surface area contributed by atoms with Gasteiger partial charge < -0.3 is 5.32 Å². The summed E-state index contributed by atoms with van der Waals surface area (Å²) in [7, 11) is 0. The quantitative estimate of drug-likeness (QED) is 0.818. The van der Waals surface area contributed by atoms with Gasteiger partial charge in [-0.15, -0.1) is 11.3 Å². The first-order chi connectivity index (χ1) is 8.24. The van der Waals surface area contributed by atoms with Crippen molar-refractivity contribution < 1.29 is 0 Å². The van der Waals surface area contributed by atoms with E-state index in [1.54, 1.807) is 0 Å². The van der Waals surface area contributed by atoms with E-state index < -0.39 is 0 Å². The van der Waals surface area contributed by atoms with Crippen molar-refractivity contribution in [3.05, 3.63) is 56.2 Å². The maximum absolute atomic E-state index is 3.48. The third-order valence-corrected chi connectivity index (χ3v) is 4.31. The van der Waals surface area contributed by atoms with Crippen LogP contribution >= 0.6 is 27.3 Å². The van der Waals surface area contributed by atoms with E-state index in [0.717, 1.165) is 19.5 Å². The van der Waals surface area contributed by atoms with Crippen molar-refractivity contribution >= 4 is 27.3 Å². The van der Waals surface area contributed by atoms with Gasteiger partial charge in [-0.1, -0.05) is 29.8 Å². The fourth-order valence-corrected chi connectivity index (χ4v) is 3.12. The molecule has 1 aromatic heterocycles. The molecule has 0 amide bonds. The van der Waals surface area contributed by atoms with Crippen molar-refractivity contribution in [2.75, 3.05) is 6.54 Å². The SMILES string of the molecule is Cc1ccc(CNCCc2ccc(Br)s2)cc1. The molecule has 0 fully saturated rings. The van der Waals surface area contributed by atoms with Crippen LogP contribution in [0, 0.1) is 6.92 Å². The maximum Gasteiger partial charge on any atom is 0.0701 e. The molecule has 0 aliphatic rings. The van der Waals surface area contributed by atoms with Gasteiger partial charge in [0.2, 0.25) is 0 Å². The summed E-state index contributed by atoms with van der Waals surface area (Å²) >= 11 is 5.30. The highest BCUT2D eigenvalue weighted by molar-refractivity contribution is 9.11. The predicted octanol–water partition coefficient (Wildman–Crippen LogP) is 4.15. The summed E-state index contributed by atoms with van der Waals surface area (Å²) in [5.41, 5.74) is 2.67. The highest BCUT2D eigenvalue weighted by atomic mass is 79.9. The molecule has 0 radical (unpaired) electrons. The molecule has 90 valence electrons. The van der Waals surface area contributed by atoms with Gasteiger partial charge >= 0.3 is 0 Å². The van der Waals surface area contributed by atoms with Crippen molar-refractivity contribution in [2.45, 2.75) is 19.9 Å². The van der Waals surface area contributed by atoms with E-state index in [9.17, 15) is 0 Å². The molecule has 3 heteroatoms. The van der Waals surface area contributed by atoms with Gasteiger partial charge in [0.1, 0.15) is 0 Å². The highest BCUT2D eigenvalue weighted by Gasteiger charge is 1.97. The van der Waals surface area contributed by atoms with Gasteiger partial charge in [-0.2, -0.15) is 0 Å². The van der Waals surface area contributed by atoms with Crippen LogP contribution in [0.1, 0.15) is 16.0 Å². The van der Waals surface area contributed by atoms with Crippen LogP contribution in [0.15, 0.2) is 40.2 Å². The summed E-state index contributed by atoms with van der Waals surface area (Å²) in [6.45, 7) is 4.10. The van der Waals surface area contributed by atoms with Crippen LogP contribution in [-0.2, 0) is 13.0 Å². The lowest BCUT2D eigenvalue weighted by atomic mass is 10.1. The normalized spacial score (nSPS) is 10.7. The zero-order valence-electron chi connectivity index (χ0n) is 9.87. The maximum atomic E-state index is 3.48. The van der Waals surface area contributed by atoms with Gasteiger partial charge in [-0.25, -0.2) is 0 Å². The summed E-state index contributed by atoms with van der Waals surface area (Å²) in [4.78, 5) is 1.42. The first kappa shape index (κ1) is 12.8. The fraction of sp³-hybridized carbons (Fsp3) is 0.286. The van der Waals surface area contributed by atoms with Crippen LogP contribution in [0.2, 0.25) is 0 Å². The number of hydrogen-bond donors (Lipinski definition) is 1. The average molecular weight is 310 g/mol. The highest BCUT2D eigenvalue weighted by Crippen LogP contribution is 2.22. The molecule has 1 heterocycles. The lowest BCUT2D eigenvalue weighted by Crippen LogP contribution is -2.16. The van der Waals surface area contributed by atoms with Gasteiger partial charge in [0.25, 0.3) is 0 Å². The molecule has 0 spiro atoms. The molecule has 1 nitrogen and oxygen atoms in total. The standard InChI is InChI=1S/C14H16BrNS/c1-11-2-4-12(5-3-11)10-16-9-8-13-6-7-14(15)17-13/h2-7,16H,8-10H2,1H3. The lowest BCUT2D eigenvalue weighted by molar-refractivity contribution is 0.690. The van der Waals surface area contributed by atoms with Crippen LogP contribution in [0.4, 0.5) is 0 Å². The van der Waals surface area contributed by atoms with Crippen LogP contribution in [0.5, 0.6) is 0 Å². The van der Waals surface area contributed by atoms with Crippen molar-refractivity contribution in [3.8, 4) is 0 Å². The van der Waals surface area contributed by atoms with E-state index >= 15 is 0 Å². The Morgan fingerprint density at radius 3 is 2.53 bits per heavy atom. The Balaban J connectivity index is 1.71. The van der Waals surface area contributed by atoms with Crippen molar-refractivity contribution in [1.29, 1.82) is 0 Å². The Labute approximate surface area is 115 Å². The monoisotopic (exact) mass is 309 g/mol. The number of benzene rings is 1. The Bertz CT molecular complexity index is 461. The molecular weight excluding hydrogens is 294 g/mol. The van der Waals surface area contributed by atoms with E-state index in [1.807, 2.05) is 11.3 Å². The molecular formula is C14H16BrNS. The van der Waals surface area contributed by atoms with Crippen molar-refractivity contribution in [2.24, 2.45) is 0 Å². The summed E-state index contributed by atoms with van der Waals surface area (Å²) in [5.74, 6) is 0. The second kappa shape index (κ2) is 6.34. The minimum absolute atomic E-state index is 0.951. The molecule has 0 aliphatic heterocycles. The molecule has 2 aromatic rings. The molecule has 1 aromatic carbocycles. The van der Waals surface area contributed by atoms with E-state index in [4.69, 9.17) is 0 Å². The zero-order valence-corrected chi connectivity index (χ0v) is 12.3. The van der Waals surface area contributed by atoms with Gasteiger partial charge in [0.05, 0.1) is 3.79 Å². The minimum Gasteiger partial charge on any atom is -0.312 e. The number of rotatable bonds is 5. The Hall–Kier alpha value is -0.640. The number of thiophene rings is 1. The Morgan fingerprint density at radius 2 is 1.88 bits per heavy atom. The lowest BCUT2D eigenvalue weighted by Gasteiger charge is -2.04. The van der Waals surface area contributed by atoms with Crippen LogP contribution in [0.25, 0.3) is 0 Å². The predicted molar refractivity (Wildman–Crippen MR) is 78.6 cm³/mol. The van der Waals surface area contributed by atoms with Crippen LogP contribution in [0.3, 0.4) is 0 Å². The van der Waals surface area contributed by atoms with Gasteiger partial charge in [0, 0.05) is 18.0 Å². The third kappa shape index (κ3) is 4.26. The number of nitrogens with one attached hydrogen (secondary N) is 1. The molecule has 0 bridgehead atoms. The van der Waals surface area contributed by atoms with Gasteiger partial charge in [0.15, 0.2) is 0 Å². The second-order valence-electron chi connectivity index (χ2n) is 4.12. The number of aryl methyl sites for hydroxylation is 1. The number of halogens is 1. The summed E-state index contributed by atoms with van der Waals surface area (Å²) < 4.78 is 1.21. The fourth-order valence-electron chi connectivity index (χ4n) is 1.64. The van der Waals surface area contributed by atoms with Crippen LogP contribution < -0.4 is 5.32 Å². The molecule has 0 unspecified atom stereocenters. The molecule has 0 saturated heterocycles. The Kier molecular flexibility index (Phi) is 4.77. The summed E-state index contributed by atoms with van der Waals surface area (Å²) in [6.07, 6.45) is 1.10. The largest absolute Gasteiger partial charge is 0.312 e. The van der Waals surface area contributed by atoms with Crippen molar-refractivity contribution in [3.63, 3.8) is 0 Å². The molecule has 0 atom stereocenters. The van der Waals surface area contributed by atoms with E-state index in [1.165, 1.54) is 19.8 Å². The molecule has 0 saturated carbocycles. The van der Waals surface area contributed by atoms with E-state index in [-0.39, 0.29) is 0 Å². The summed E-state index contributed by atoms with van der Waals surface area (Å²) in [5, 5.41) is 3.47. The smallest absolute Gasteiger partial charge is 0.0701 e. The zero-order chi connectivity index (χ0) is 12.1. The molecule has 0 aliphatic carbocycles. The van der Waals surface area contributed by atoms with Gasteiger partial charge in [-0.05, 0) is 47.0 Å². The molecule has 1 N–H and O–H groups in total. The second-order valence-corrected chi connectivity index (χ2v) is 6.67. The Morgan fingerprint density at radius 1 is 1.12 bits per heavy atom. The number of hydrogen-bond acceptors (Lipinski definition) is 2. The summed E-state index contributed by atoms with van der Waals surface area (Å²) in [6, 6.07) is 13.0. The molecule has 2 rings (SSSR count). The molecule has 17 heavy (non-hydrogen) atoms. The first-order valence-electron chi connectivity index (χ1n) is 5.74. The van der Waals surface area contributed by atoms with Gasteiger partial charge in [-0.3, -0.25) is 0 Å². The van der Waals surface area contributed by atoms with Crippen LogP contribution in [-0.4, -0.2) is 6.54 Å². The minimum atomic E-state index is 0.951. The first-order valence-corrected chi connectivity index (χ1v) is 7.35. The van der Waals surface area contributed by atoms with Crippen molar-refractivity contribution in [1.82, 2.24) is 5.32 Å². The van der Waals surface area contributed by atoms with E-state index in [2.05, 4.69) is 64.6 Å². The third-order valence-electron chi connectivity index (χ3n) is 2.63. The topological polar surface area (TPSA) is 12.0 Å². The average Bonchev–Trinajstić information content (AvgIpc) is 2.73.